The minimum Gasteiger partial charge on any atom is -0.506 e. The predicted molar refractivity (Wildman–Crippen MR) is 81.6 cm³/mol. The zero-order valence-electron chi connectivity index (χ0n) is 11.4. The number of fused-ring (bicyclic) bond motifs is 1. The zero-order chi connectivity index (χ0) is 14.3. The molecule has 0 saturated heterocycles. The van der Waals surface area contributed by atoms with E-state index in [4.69, 9.17) is 5.73 Å². The number of hydrogen-bond donors (Lipinski definition) is 2. The first kappa shape index (κ1) is 12.9. The summed E-state index contributed by atoms with van der Waals surface area (Å²) in [6.07, 6.45) is 3.59. The van der Waals surface area contributed by atoms with Gasteiger partial charge in [0.1, 0.15) is 11.4 Å². The Morgan fingerprint density at radius 3 is 2.75 bits per heavy atom. The molecule has 0 aliphatic rings. The molecule has 2 aromatic heterocycles. The van der Waals surface area contributed by atoms with Gasteiger partial charge in [-0.15, -0.1) is 5.10 Å². The molecule has 0 spiro atoms. The summed E-state index contributed by atoms with van der Waals surface area (Å²) >= 11 is 1.40. The van der Waals surface area contributed by atoms with E-state index in [1.165, 1.54) is 11.3 Å². The maximum Gasteiger partial charge on any atom is 0.194 e. The third-order valence-electron chi connectivity index (χ3n) is 3.34. The Morgan fingerprint density at radius 2 is 2.10 bits per heavy atom. The Bertz CT molecular complexity index is 743. The first-order valence-corrected chi connectivity index (χ1v) is 7.40. The van der Waals surface area contributed by atoms with E-state index in [2.05, 4.69) is 30.0 Å². The maximum atomic E-state index is 10.3. The number of phenols is 1. The standard InChI is InChI=1S/C14H16N4OS/c1-3-8-5-9(4-2)12(10(19)6-8)18-7-11-13(17-18)16-14(15)20-11/h5-7,19H,3-4H2,1-2H3,(H2,15,16,17). The highest BCUT2D eigenvalue weighted by atomic mass is 32.1. The second-order valence-corrected chi connectivity index (χ2v) is 5.71. The highest BCUT2D eigenvalue weighted by Crippen LogP contribution is 2.31. The van der Waals surface area contributed by atoms with Gasteiger partial charge in [0, 0.05) is 0 Å². The van der Waals surface area contributed by atoms with Crippen LogP contribution in [0.15, 0.2) is 18.3 Å². The van der Waals surface area contributed by atoms with Crippen LogP contribution in [0.1, 0.15) is 25.0 Å². The lowest BCUT2D eigenvalue weighted by Gasteiger charge is -2.12. The summed E-state index contributed by atoms with van der Waals surface area (Å²) in [5, 5.41) is 15.2. The smallest absolute Gasteiger partial charge is 0.194 e. The van der Waals surface area contributed by atoms with Crippen LogP contribution in [0.2, 0.25) is 0 Å². The van der Waals surface area contributed by atoms with Gasteiger partial charge in [-0.2, -0.15) is 4.98 Å². The monoisotopic (exact) mass is 288 g/mol. The van der Waals surface area contributed by atoms with E-state index < -0.39 is 0 Å². The Kier molecular flexibility index (Phi) is 3.10. The van der Waals surface area contributed by atoms with E-state index >= 15 is 0 Å². The van der Waals surface area contributed by atoms with Crippen LogP contribution >= 0.6 is 11.3 Å². The van der Waals surface area contributed by atoms with Gasteiger partial charge in [0.2, 0.25) is 0 Å². The van der Waals surface area contributed by atoms with Gasteiger partial charge in [-0.1, -0.05) is 31.3 Å². The molecule has 0 aliphatic carbocycles. The van der Waals surface area contributed by atoms with Crippen molar-refractivity contribution in [2.45, 2.75) is 26.7 Å². The molecule has 0 aliphatic heterocycles. The van der Waals surface area contributed by atoms with Gasteiger partial charge in [0.05, 0.1) is 10.9 Å². The van der Waals surface area contributed by atoms with Crippen LogP contribution < -0.4 is 5.73 Å². The molecular weight excluding hydrogens is 272 g/mol. The lowest BCUT2D eigenvalue weighted by Crippen LogP contribution is -2.02. The molecule has 2 heterocycles. The largest absolute Gasteiger partial charge is 0.506 e. The highest BCUT2D eigenvalue weighted by Gasteiger charge is 2.14. The lowest BCUT2D eigenvalue weighted by molar-refractivity contribution is 0.469. The van der Waals surface area contributed by atoms with Crippen LogP contribution in [-0.2, 0) is 12.8 Å². The third-order valence-corrected chi connectivity index (χ3v) is 4.15. The minimum atomic E-state index is 0.254. The molecule has 0 saturated carbocycles. The van der Waals surface area contributed by atoms with E-state index in [1.807, 2.05) is 6.20 Å². The third kappa shape index (κ3) is 2.02. The van der Waals surface area contributed by atoms with E-state index in [-0.39, 0.29) is 5.75 Å². The lowest BCUT2D eigenvalue weighted by atomic mass is 10.0. The Hall–Kier alpha value is -2.08. The molecule has 0 fully saturated rings. The van der Waals surface area contributed by atoms with Gasteiger partial charge < -0.3 is 10.8 Å². The maximum absolute atomic E-state index is 10.3. The molecule has 3 rings (SSSR count). The SMILES string of the molecule is CCc1cc(O)c(-n2cc3sc(N)nc3n2)c(CC)c1. The summed E-state index contributed by atoms with van der Waals surface area (Å²) in [4.78, 5) is 4.16. The quantitative estimate of drug-likeness (QED) is 0.777. The summed E-state index contributed by atoms with van der Waals surface area (Å²) in [7, 11) is 0. The number of rotatable bonds is 3. The van der Waals surface area contributed by atoms with Crippen molar-refractivity contribution in [1.29, 1.82) is 0 Å². The fourth-order valence-electron chi connectivity index (χ4n) is 2.33. The number of thiazole rings is 1. The molecule has 0 atom stereocenters. The average Bonchev–Trinajstić information content (AvgIpc) is 2.94. The molecule has 0 radical (unpaired) electrons. The van der Waals surface area contributed by atoms with Crippen molar-refractivity contribution >= 4 is 26.8 Å². The number of aryl methyl sites for hydroxylation is 2. The van der Waals surface area contributed by atoms with Crippen molar-refractivity contribution in [1.82, 2.24) is 14.8 Å². The number of nitrogens with two attached hydrogens (primary N) is 1. The predicted octanol–water partition coefficient (Wildman–Crippen LogP) is 2.89. The molecule has 0 bridgehead atoms. The number of benzene rings is 1. The molecule has 3 N–H and O–H groups in total. The van der Waals surface area contributed by atoms with Crippen molar-refractivity contribution in [2.75, 3.05) is 5.73 Å². The van der Waals surface area contributed by atoms with Crippen LogP contribution in [0.5, 0.6) is 5.75 Å². The van der Waals surface area contributed by atoms with Crippen molar-refractivity contribution in [3.8, 4) is 11.4 Å². The second-order valence-electron chi connectivity index (χ2n) is 4.64. The van der Waals surface area contributed by atoms with Gasteiger partial charge in [0.15, 0.2) is 10.8 Å². The van der Waals surface area contributed by atoms with Gasteiger partial charge in [-0.3, -0.25) is 0 Å². The molecule has 3 aromatic rings. The molecule has 104 valence electrons. The molecule has 0 amide bonds. The normalized spacial score (nSPS) is 11.3. The summed E-state index contributed by atoms with van der Waals surface area (Å²) in [6, 6.07) is 3.92. The van der Waals surface area contributed by atoms with Crippen molar-refractivity contribution < 1.29 is 5.11 Å². The first-order chi connectivity index (χ1) is 9.62. The number of nitrogens with zero attached hydrogens (tertiary/aromatic N) is 3. The van der Waals surface area contributed by atoms with Crippen LogP contribution in [-0.4, -0.2) is 19.9 Å². The van der Waals surface area contributed by atoms with E-state index in [0.717, 1.165) is 34.4 Å². The van der Waals surface area contributed by atoms with Gasteiger partial charge in [-0.05, 0) is 30.0 Å². The zero-order valence-corrected chi connectivity index (χ0v) is 12.2. The van der Waals surface area contributed by atoms with Gasteiger partial charge >= 0.3 is 0 Å². The highest BCUT2D eigenvalue weighted by molar-refractivity contribution is 7.21. The van der Waals surface area contributed by atoms with E-state index in [0.29, 0.717) is 10.8 Å². The number of nitrogen functional groups attached to an aromatic ring is 1. The summed E-state index contributed by atoms with van der Waals surface area (Å²) in [5.41, 5.74) is 9.20. The van der Waals surface area contributed by atoms with Crippen molar-refractivity contribution in [2.24, 2.45) is 0 Å². The molecule has 1 aromatic carbocycles. The minimum absolute atomic E-state index is 0.254. The summed E-state index contributed by atoms with van der Waals surface area (Å²) in [5.74, 6) is 0.254. The molecule has 20 heavy (non-hydrogen) atoms. The molecule has 6 heteroatoms. The fraction of sp³-hybridized carbons (Fsp3) is 0.286. The van der Waals surface area contributed by atoms with Gasteiger partial charge in [0.25, 0.3) is 0 Å². The number of phenolic OH excluding ortho intramolecular Hbond substituents is 1. The molecule has 0 unspecified atom stereocenters. The fourth-order valence-corrected chi connectivity index (χ4v) is 3.02. The van der Waals surface area contributed by atoms with Gasteiger partial charge in [-0.25, -0.2) is 4.68 Å². The summed E-state index contributed by atoms with van der Waals surface area (Å²) < 4.78 is 2.62. The van der Waals surface area contributed by atoms with Crippen LogP contribution in [0.25, 0.3) is 16.0 Å². The van der Waals surface area contributed by atoms with Crippen molar-refractivity contribution in [3.63, 3.8) is 0 Å². The van der Waals surface area contributed by atoms with E-state index in [9.17, 15) is 5.11 Å². The molecular formula is C14H16N4OS. The average molecular weight is 288 g/mol. The Balaban J connectivity index is 2.19. The van der Waals surface area contributed by atoms with Crippen LogP contribution in [0.3, 0.4) is 0 Å². The second kappa shape index (κ2) is 4.79. The Morgan fingerprint density at radius 1 is 1.30 bits per heavy atom. The van der Waals surface area contributed by atoms with Crippen LogP contribution in [0.4, 0.5) is 5.13 Å². The molecule has 5 nitrogen and oxygen atoms in total. The number of hydrogen-bond acceptors (Lipinski definition) is 5. The van der Waals surface area contributed by atoms with E-state index in [1.54, 1.807) is 10.7 Å². The van der Waals surface area contributed by atoms with Crippen LogP contribution in [0, 0.1) is 0 Å². The first-order valence-electron chi connectivity index (χ1n) is 6.59. The Labute approximate surface area is 120 Å². The van der Waals surface area contributed by atoms with Crippen molar-refractivity contribution in [3.05, 3.63) is 29.5 Å². The number of aromatic hydroxyl groups is 1. The summed E-state index contributed by atoms with van der Waals surface area (Å²) in [6.45, 7) is 4.14. The topological polar surface area (TPSA) is 77.0 Å². The number of aromatic nitrogens is 3. The number of anilines is 1.